The highest BCUT2D eigenvalue weighted by Crippen LogP contribution is 2.18. The molecule has 0 rings (SSSR count). The molecule has 2 heteroatoms. The predicted molar refractivity (Wildman–Crippen MR) is 96.3 cm³/mol. The van der Waals surface area contributed by atoms with E-state index in [-0.39, 0.29) is 5.92 Å². The van der Waals surface area contributed by atoms with E-state index < -0.39 is 5.97 Å². The molecule has 0 radical (unpaired) electrons. The first-order valence-electron chi connectivity index (χ1n) is 9.80. The number of carbonyl (C=O) groups is 1. The Morgan fingerprint density at radius 3 is 1.59 bits per heavy atom. The summed E-state index contributed by atoms with van der Waals surface area (Å²) in [5.74, 6) is 0.0832. The van der Waals surface area contributed by atoms with Crippen LogP contribution in [0.2, 0.25) is 0 Å². The lowest BCUT2D eigenvalue weighted by atomic mass is 9.95. The second-order valence-electron chi connectivity index (χ2n) is 7.25. The Balaban J connectivity index is 3.23. The minimum atomic E-state index is -0.649. The Morgan fingerprint density at radius 2 is 1.14 bits per heavy atom. The molecule has 0 amide bonds. The zero-order valence-corrected chi connectivity index (χ0v) is 15.4. The van der Waals surface area contributed by atoms with E-state index in [0.717, 1.165) is 18.8 Å². The minimum absolute atomic E-state index is 0.168. The maximum Gasteiger partial charge on any atom is 0.306 e. The van der Waals surface area contributed by atoms with E-state index in [0.29, 0.717) is 0 Å². The monoisotopic (exact) mass is 312 g/mol. The summed E-state index contributed by atoms with van der Waals surface area (Å²) in [4.78, 5) is 10.7. The molecule has 0 aromatic heterocycles. The van der Waals surface area contributed by atoms with Gasteiger partial charge in [-0.25, -0.2) is 0 Å². The fourth-order valence-corrected chi connectivity index (χ4v) is 3.01. The van der Waals surface area contributed by atoms with Crippen molar-refractivity contribution in [2.45, 2.75) is 111 Å². The van der Waals surface area contributed by atoms with Crippen LogP contribution in [0.15, 0.2) is 0 Å². The lowest BCUT2D eigenvalue weighted by Gasteiger charge is -2.11. The molecule has 0 saturated heterocycles. The standard InChI is InChI=1S/C20H40O2/c1-4-5-6-9-12-15-18(2)16-13-10-7-8-11-14-17-19(3)20(21)22/h18-19H,4-17H2,1-3H3,(H,21,22). The highest BCUT2D eigenvalue weighted by Gasteiger charge is 2.09. The number of rotatable bonds is 16. The second kappa shape index (κ2) is 15.4. The number of hydrogen-bond acceptors (Lipinski definition) is 1. The van der Waals surface area contributed by atoms with Crippen molar-refractivity contribution in [2.24, 2.45) is 11.8 Å². The number of hydrogen-bond donors (Lipinski definition) is 1. The van der Waals surface area contributed by atoms with Crippen molar-refractivity contribution in [3.63, 3.8) is 0 Å². The van der Waals surface area contributed by atoms with Crippen LogP contribution >= 0.6 is 0 Å². The van der Waals surface area contributed by atoms with Gasteiger partial charge in [0.2, 0.25) is 0 Å². The molecule has 2 nitrogen and oxygen atoms in total. The molecule has 0 aliphatic heterocycles. The average molecular weight is 313 g/mol. The van der Waals surface area contributed by atoms with Gasteiger partial charge in [-0.1, -0.05) is 104 Å². The zero-order chi connectivity index (χ0) is 16.6. The average Bonchev–Trinajstić information content (AvgIpc) is 2.49. The molecule has 1 N–H and O–H groups in total. The zero-order valence-electron chi connectivity index (χ0n) is 15.4. The van der Waals surface area contributed by atoms with Gasteiger partial charge in [0.25, 0.3) is 0 Å². The summed E-state index contributed by atoms with van der Waals surface area (Å²) in [5, 5.41) is 8.81. The van der Waals surface area contributed by atoms with Crippen molar-refractivity contribution in [3.05, 3.63) is 0 Å². The number of unbranched alkanes of at least 4 members (excludes halogenated alkanes) is 9. The smallest absolute Gasteiger partial charge is 0.306 e. The van der Waals surface area contributed by atoms with Gasteiger partial charge in [-0.05, 0) is 12.3 Å². The van der Waals surface area contributed by atoms with Crippen molar-refractivity contribution in [1.82, 2.24) is 0 Å². The van der Waals surface area contributed by atoms with Crippen LogP contribution in [0.1, 0.15) is 111 Å². The summed E-state index contributed by atoms with van der Waals surface area (Å²) in [6.07, 6.45) is 18.2. The van der Waals surface area contributed by atoms with E-state index in [4.69, 9.17) is 5.11 Å². The molecule has 0 aliphatic carbocycles. The van der Waals surface area contributed by atoms with Gasteiger partial charge in [0.05, 0.1) is 5.92 Å². The molecule has 2 unspecified atom stereocenters. The van der Waals surface area contributed by atoms with Gasteiger partial charge in [0.15, 0.2) is 0 Å². The van der Waals surface area contributed by atoms with Gasteiger partial charge >= 0.3 is 5.97 Å². The Kier molecular flexibility index (Phi) is 15.0. The quantitative estimate of drug-likeness (QED) is 0.317. The molecule has 0 bridgehead atoms. The number of carboxylic acids is 1. The third kappa shape index (κ3) is 14.4. The highest BCUT2D eigenvalue weighted by atomic mass is 16.4. The molecule has 0 heterocycles. The van der Waals surface area contributed by atoms with Crippen molar-refractivity contribution < 1.29 is 9.90 Å². The van der Waals surface area contributed by atoms with Gasteiger partial charge in [-0.2, -0.15) is 0 Å². The van der Waals surface area contributed by atoms with Crippen molar-refractivity contribution in [1.29, 1.82) is 0 Å². The summed E-state index contributed by atoms with van der Waals surface area (Å²) in [6.45, 7) is 6.49. The van der Waals surface area contributed by atoms with Crippen LogP contribution in [-0.2, 0) is 4.79 Å². The summed E-state index contributed by atoms with van der Waals surface area (Å²) in [6, 6.07) is 0. The normalized spacial score (nSPS) is 14.0. The van der Waals surface area contributed by atoms with Crippen LogP contribution in [0.25, 0.3) is 0 Å². The molecule has 0 aromatic carbocycles. The molecule has 22 heavy (non-hydrogen) atoms. The Labute approximate surface area is 139 Å². The molecule has 0 aliphatic rings. The fourth-order valence-electron chi connectivity index (χ4n) is 3.01. The Morgan fingerprint density at radius 1 is 0.727 bits per heavy atom. The molecule has 0 saturated carbocycles. The summed E-state index contributed by atoms with van der Waals surface area (Å²) in [5.41, 5.74) is 0. The summed E-state index contributed by atoms with van der Waals surface area (Å²) in [7, 11) is 0. The van der Waals surface area contributed by atoms with E-state index in [1.165, 1.54) is 77.0 Å². The maximum atomic E-state index is 10.7. The molecule has 2 atom stereocenters. The van der Waals surface area contributed by atoms with Gasteiger partial charge < -0.3 is 5.11 Å². The van der Waals surface area contributed by atoms with Crippen LogP contribution in [0.5, 0.6) is 0 Å². The predicted octanol–water partition coefficient (Wildman–Crippen LogP) is 6.82. The molecule has 0 aromatic rings. The van der Waals surface area contributed by atoms with Crippen LogP contribution in [0, 0.1) is 11.8 Å². The topological polar surface area (TPSA) is 37.3 Å². The first-order chi connectivity index (χ1) is 10.6. The Hall–Kier alpha value is -0.530. The molecule has 0 spiro atoms. The highest BCUT2D eigenvalue weighted by molar-refractivity contribution is 5.69. The SMILES string of the molecule is CCCCCCCC(C)CCCCCCCCC(C)C(=O)O. The van der Waals surface area contributed by atoms with Gasteiger partial charge in [0.1, 0.15) is 0 Å². The van der Waals surface area contributed by atoms with E-state index in [1.54, 1.807) is 0 Å². The number of aliphatic carboxylic acids is 1. The minimum Gasteiger partial charge on any atom is -0.481 e. The second-order valence-corrected chi connectivity index (χ2v) is 7.25. The third-order valence-corrected chi connectivity index (χ3v) is 4.81. The van der Waals surface area contributed by atoms with E-state index >= 15 is 0 Å². The largest absolute Gasteiger partial charge is 0.481 e. The van der Waals surface area contributed by atoms with Crippen LogP contribution in [-0.4, -0.2) is 11.1 Å². The lowest BCUT2D eigenvalue weighted by molar-refractivity contribution is -0.141. The molecule has 0 fully saturated rings. The van der Waals surface area contributed by atoms with Crippen LogP contribution in [0.4, 0.5) is 0 Å². The van der Waals surface area contributed by atoms with E-state index in [9.17, 15) is 4.79 Å². The third-order valence-electron chi connectivity index (χ3n) is 4.81. The van der Waals surface area contributed by atoms with Crippen molar-refractivity contribution >= 4 is 5.97 Å². The molecule has 132 valence electrons. The van der Waals surface area contributed by atoms with Crippen molar-refractivity contribution in [3.8, 4) is 0 Å². The lowest BCUT2D eigenvalue weighted by Crippen LogP contribution is -2.08. The number of carboxylic acid groups (broad SMARTS) is 1. The maximum absolute atomic E-state index is 10.7. The summed E-state index contributed by atoms with van der Waals surface area (Å²) < 4.78 is 0. The van der Waals surface area contributed by atoms with Gasteiger partial charge in [-0.3, -0.25) is 4.79 Å². The molecular formula is C20H40O2. The van der Waals surface area contributed by atoms with E-state index in [1.807, 2.05) is 6.92 Å². The van der Waals surface area contributed by atoms with Crippen molar-refractivity contribution in [2.75, 3.05) is 0 Å². The van der Waals surface area contributed by atoms with E-state index in [2.05, 4.69) is 13.8 Å². The van der Waals surface area contributed by atoms with Gasteiger partial charge in [0, 0.05) is 0 Å². The van der Waals surface area contributed by atoms with Gasteiger partial charge in [-0.15, -0.1) is 0 Å². The first kappa shape index (κ1) is 21.5. The molecular weight excluding hydrogens is 272 g/mol. The Bertz CT molecular complexity index is 250. The summed E-state index contributed by atoms with van der Waals surface area (Å²) >= 11 is 0. The van der Waals surface area contributed by atoms with Crippen LogP contribution in [0.3, 0.4) is 0 Å². The van der Waals surface area contributed by atoms with Crippen LogP contribution < -0.4 is 0 Å². The fraction of sp³-hybridized carbons (Fsp3) is 0.950. The first-order valence-corrected chi connectivity index (χ1v) is 9.80.